The maximum atomic E-state index is 14.6. The summed E-state index contributed by atoms with van der Waals surface area (Å²) in [5.41, 5.74) is 6.00. The van der Waals surface area contributed by atoms with Gasteiger partial charge in [-0.25, -0.2) is 14.2 Å². The number of nitrogens with zero attached hydrogens (tertiary/aromatic N) is 2. The molecule has 28 heavy (non-hydrogen) atoms. The molecule has 1 aromatic carbocycles. The van der Waals surface area contributed by atoms with E-state index in [1.807, 2.05) is 13.8 Å². The van der Waals surface area contributed by atoms with Crippen LogP contribution in [0.2, 0.25) is 5.02 Å². The molecule has 1 unspecified atom stereocenters. The van der Waals surface area contributed by atoms with Crippen molar-refractivity contribution in [3.05, 3.63) is 52.9 Å². The Morgan fingerprint density at radius 2 is 2.21 bits per heavy atom. The van der Waals surface area contributed by atoms with Crippen LogP contribution in [0.3, 0.4) is 0 Å². The summed E-state index contributed by atoms with van der Waals surface area (Å²) in [7, 11) is 0. The largest absolute Gasteiger partial charge is 0.418 e. The Morgan fingerprint density at radius 1 is 1.43 bits per heavy atom. The number of pyridine rings is 1. The fourth-order valence-electron chi connectivity index (χ4n) is 2.82. The van der Waals surface area contributed by atoms with Crippen molar-refractivity contribution in [2.45, 2.75) is 31.1 Å². The minimum absolute atomic E-state index is 0.0769. The highest BCUT2D eigenvalue weighted by molar-refractivity contribution is 8.00. The molecule has 9 heteroatoms. The molecule has 0 saturated heterocycles. The van der Waals surface area contributed by atoms with Crippen molar-refractivity contribution in [1.29, 1.82) is 0 Å². The van der Waals surface area contributed by atoms with Crippen LogP contribution in [0.15, 0.2) is 41.5 Å². The Bertz CT molecular complexity index is 909. The van der Waals surface area contributed by atoms with Gasteiger partial charge in [0, 0.05) is 23.5 Å². The van der Waals surface area contributed by atoms with Crippen LogP contribution in [0, 0.1) is 5.82 Å². The van der Waals surface area contributed by atoms with Gasteiger partial charge in [0.15, 0.2) is 0 Å². The lowest BCUT2D eigenvalue weighted by Gasteiger charge is -2.26. The first-order chi connectivity index (χ1) is 13.3. The fourth-order valence-corrected chi connectivity index (χ4v) is 4.03. The lowest BCUT2D eigenvalue weighted by atomic mass is 9.89. The van der Waals surface area contributed by atoms with Crippen LogP contribution >= 0.6 is 23.4 Å². The molecule has 6 nitrogen and oxygen atoms in total. The van der Waals surface area contributed by atoms with Crippen LogP contribution in [0.1, 0.15) is 25.8 Å². The number of amides is 1. The molecule has 0 bridgehead atoms. The van der Waals surface area contributed by atoms with Gasteiger partial charge in [-0.05, 0) is 50.3 Å². The first-order valence-corrected chi connectivity index (χ1v) is 10.1. The minimum atomic E-state index is -0.814. The first-order valence-electron chi connectivity index (χ1n) is 8.64. The molecule has 2 atom stereocenters. The van der Waals surface area contributed by atoms with E-state index in [2.05, 4.69) is 15.3 Å². The van der Waals surface area contributed by atoms with Crippen molar-refractivity contribution in [2.75, 3.05) is 11.1 Å². The number of ether oxygens (including phenoxy) is 1. The summed E-state index contributed by atoms with van der Waals surface area (Å²) in [4.78, 5) is 20.6. The zero-order valence-electron chi connectivity index (χ0n) is 15.4. The van der Waals surface area contributed by atoms with E-state index in [1.54, 1.807) is 23.9 Å². The van der Waals surface area contributed by atoms with Crippen LogP contribution in [0.25, 0.3) is 0 Å². The molecule has 0 spiro atoms. The second-order valence-electron chi connectivity index (χ2n) is 6.60. The summed E-state index contributed by atoms with van der Waals surface area (Å²) in [6, 6.07) is 7.34. The Balaban J connectivity index is 1.81. The zero-order valence-corrected chi connectivity index (χ0v) is 17.0. The summed E-state index contributed by atoms with van der Waals surface area (Å²) in [6.07, 6.45) is 1.25. The van der Waals surface area contributed by atoms with Crippen LogP contribution in [0.5, 0.6) is 5.88 Å². The highest BCUT2D eigenvalue weighted by atomic mass is 35.5. The number of hydrogen-bond donors (Lipinski definition) is 2. The molecular weight excluding hydrogens is 403 g/mol. The molecule has 1 aliphatic heterocycles. The molecule has 1 aromatic heterocycles. The summed E-state index contributed by atoms with van der Waals surface area (Å²) in [6.45, 7) is 3.82. The van der Waals surface area contributed by atoms with Gasteiger partial charge in [0.25, 0.3) is 0 Å². The maximum absolute atomic E-state index is 14.6. The number of thioether (sulfide) groups is 1. The second kappa shape index (κ2) is 8.36. The van der Waals surface area contributed by atoms with Crippen molar-refractivity contribution >= 4 is 41.0 Å². The van der Waals surface area contributed by atoms with Gasteiger partial charge in [-0.1, -0.05) is 11.6 Å². The van der Waals surface area contributed by atoms with Gasteiger partial charge in [0.2, 0.25) is 5.88 Å². The van der Waals surface area contributed by atoms with E-state index in [9.17, 15) is 9.18 Å². The normalized spacial score (nSPS) is 22.1. The van der Waals surface area contributed by atoms with Crippen molar-refractivity contribution in [1.82, 2.24) is 4.98 Å². The number of carbonyl (C=O) groups excluding carboxylic acids is 1. The van der Waals surface area contributed by atoms with Gasteiger partial charge in [0.1, 0.15) is 11.7 Å². The maximum Gasteiger partial charge on any atom is 0.418 e. The average molecular weight is 423 g/mol. The molecule has 148 valence electrons. The highest BCUT2D eigenvalue weighted by Gasteiger charge is 2.32. The zero-order chi connectivity index (χ0) is 20.3. The number of nitrogens with one attached hydrogen (secondary N) is 1. The van der Waals surface area contributed by atoms with Crippen molar-refractivity contribution < 1.29 is 13.9 Å². The van der Waals surface area contributed by atoms with Gasteiger partial charge in [-0.15, -0.1) is 0 Å². The molecule has 2 aromatic rings. The lowest BCUT2D eigenvalue weighted by molar-refractivity contribution is 0.213. The average Bonchev–Trinajstić information content (AvgIpc) is 2.77. The first kappa shape index (κ1) is 20.4. The van der Waals surface area contributed by atoms with Gasteiger partial charge in [-0.2, -0.15) is 11.8 Å². The van der Waals surface area contributed by atoms with E-state index in [1.165, 1.54) is 24.4 Å². The number of hydrogen-bond acceptors (Lipinski definition) is 6. The van der Waals surface area contributed by atoms with E-state index in [4.69, 9.17) is 22.1 Å². The molecule has 0 fully saturated rings. The highest BCUT2D eigenvalue weighted by Crippen LogP contribution is 2.37. The van der Waals surface area contributed by atoms with Crippen molar-refractivity contribution in [2.24, 2.45) is 10.7 Å². The number of rotatable bonds is 3. The number of aliphatic imine (C=N–C) groups is 1. The number of amidine groups is 1. The third kappa shape index (κ3) is 4.74. The lowest BCUT2D eigenvalue weighted by Crippen LogP contribution is -2.28. The predicted molar refractivity (Wildman–Crippen MR) is 111 cm³/mol. The molecule has 0 aliphatic carbocycles. The number of carbonyl (C=O) groups is 1. The molecule has 2 heterocycles. The molecule has 3 N–H and O–H groups in total. The van der Waals surface area contributed by atoms with E-state index in [0.717, 1.165) is 5.75 Å². The van der Waals surface area contributed by atoms with Gasteiger partial charge < -0.3 is 10.5 Å². The smallest absolute Gasteiger partial charge is 0.391 e. The quantitative estimate of drug-likeness (QED) is 0.755. The van der Waals surface area contributed by atoms with Crippen LogP contribution < -0.4 is 15.8 Å². The summed E-state index contributed by atoms with van der Waals surface area (Å²) in [5, 5.41) is 3.09. The second-order valence-corrected chi connectivity index (χ2v) is 8.48. The molecule has 0 saturated carbocycles. The number of anilines is 1. The monoisotopic (exact) mass is 422 g/mol. The summed E-state index contributed by atoms with van der Waals surface area (Å²) < 4.78 is 19.7. The van der Waals surface area contributed by atoms with E-state index >= 15 is 0 Å². The van der Waals surface area contributed by atoms with E-state index in [-0.39, 0.29) is 11.1 Å². The topological polar surface area (TPSA) is 89.6 Å². The standard InChI is InChI=1S/C19H20ClFN4O2S/c1-11-17(22)25-19(2,7-8-28-11)14-9-13(4-5-15(14)21)24-18(26)27-16-6-3-12(20)10-23-16/h3-6,9-11H,7-8H2,1-2H3,(H2,22,25)(H,24,26)/t11-,19?/m0/s1. The number of nitrogens with two attached hydrogens (primary N) is 1. The predicted octanol–water partition coefficient (Wildman–Crippen LogP) is 4.58. The minimum Gasteiger partial charge on any atom is -0.391 e. The van der Waals surface area contributed by atoms with Crippen molar-refractivity contribution in [3.63, 3.8) is 0 Å². The molecule has 3 rings (SSSR count). The van der Waals surface area contributed by atoms with Crippen LogP contribution in [-0.4, -0.2) is 27.9 Å². The van der Waals surface area contributed by atoms with E-state index in [0.29, 0.717) is 28.5 Å². The number of aromatic nitrogens is 1. The van der Waals surface area contributed by atoms with Gasteiger partial charge in [0.05, 0.1) is 15.8 Å². The molecular formula is C19H20ClFN4O2S. The summed E-state index contributed by atoms with van der Waals surface area (Å²) in [5.74, 6) is 0.972. The Hall–Kier alpha value is -2.32. The molecule has 1 amide bonds. The number of halogens is 2. The van der Waals surface area contributed by atoms with Gasteiger partial charge in [-0.3, -0.25) is 10.3 Å². The third-order valence-electron chi connectivity index (χ3n) is 4.44. The Labute approximate surface area is 171 Å². The fraction of sp³-hybridized carbons (Fsp3) is 0.316. The summed E-state index contributed by atoms with van der Waals surface area (Å²) >= 11 is 7.44. The SMILES string of the molecule is C[C@@H]1SCCC(C)(c2cc(NC(=O)Oc3ccc(Cl)cn3)ccc2F)N=C1N. The number of benzene rings is 1. The van der Waals surface area contributed by atoms with E-state index < -0.39 is 17.4 Å². The van der Waals surface area contributed by atoms with Crippen molar-refractivity contribution in [3.8, 4) is 5.88 Å². The third-order valence-corrected chi connectivity index (χ3v) is 5.84. The molecule has 1 aliphatic rings. The Kier molecular flexibility index (Phi) is 6.10. The van der Waals surface area contributed by atoms with Crippen LogP contribution in [-0.2, 0) is 5.54 Å². The van der Waals surface area contributed by atoms with Crippen LogP contribution in [0.4, 0.5) is 14.9 Å². The molecule has 0 radical (unpaired) electrons. The Morgan fingerprint density at radius 3 is 2.93 bits per heavy atom. The van der Waals surface area contributed by atoms with Gasteiger partial charge >= 0.3 is 6.09 Å².